The van der Waals surface area contributed by atoms with Crippen molar-refractivity contribution in [3.63, 3.8) is 0 Å². The Morgan fingerprint density at radius 2 is 1.90 bits per heavy atom. The van der Waals surface area contributed by atoms with Gasteiger partial charge < -0.3 is 10.6 Å². The van der Waals surface area contributed by atoms with E-state index in [0.717, 1.165) is 25.6 Å². The zero-order valence-corrected chi connectivity index (χ0v) is 12.3. The molecular weight excluding hydrogens is 274 g/mol. The van der Waals surface area contributed by atoms with Gasteiger partial charge in [0.1, 0.15) is 0 Å². The van der Waals surface area contributed by atoms with Crippen molar-refractivity contribution >= 4 is 15.7 Å². The van der Waals surface area contributed by atoms with Crippen molar-refractivity contribution in [1.29, 1.82) is 0 Å². The molecule has 6 heteroatoms. The van der Waals surface area contributed by atoms with Crippen molar-refractivity contribution in [2.45, 2.75) is 30.2 Å². The van der Waals surface area contributed by atoms with Crippen molar-refractivity contribution in [2.75, 3.05) is 25.4 Å². The second-order valence-electron chi connectivity index (χ2n) is 5.80. The lowest BCUT2D eigenvalue weighted by molar-refractivity contribution is 0.314. The molecule has 1 aromatic carbocycles. The molecule has 110 valence electrons. The van der Waals surface area contributed by atoms with Gasteiger partial charge in [-0.05, 0) is 56.0 Å². The van der Waals surface area contributed by atoms with E-state index in [1.165, 1.54) is 12.8 Å². The molecule has 3 rings (SSSR count). The zero-order valence-electron chi connectivity index (χ0n) is 11.5. The number of nitrogens with zero attached hydrogens (tertiary/aromatic N) is 1. The molecule has 1 heterocycles. The summed E-state index contributed by atoms with van der Waals surface area (Å²) in [6.45, 7) is 2.66. The lowest BCUT2D eigenvalue weighted by atomic mass is 10.1. The zero-order chi connectivity index (χ0) is 14.2. The largest absolute Gasteiger partial charge is 0.399 e. The fourth-order valence-corrected chi connectivity index (χ4v) is 3.87. The average Bonchev–Trinajstić information content (AvgIpc) is 3.16. The molecule has 0 radical (unpaired) electrons. The Labute approximate surface area is 120 Å². The van der Waals surface area contributed by atoms with Crippen LogP contribution >= 0.6 is 0 Å². The van der Waals surface area contributed by atoms with Crippen molar-refractivity contribution in [2.24, 2.45) is 5.92 Å². The van der Waals surface area contributed by atoms with Gasteiger partial charge in [0.2, 0.25) is 10.0 Å². The van der Waals surface area contributed by atoms with Crippen LogP contribution in [-0.4, -0.2) is 39.0 Å². The van der Waals surface area contributed by atoms with Gasteiger partial charge in [-0.3, -0.25) is 0 Å². The van der Waals surface area contributed by atoms with E-state index >= 15 is 0 Å². The first-order valence-electron chi connectivity index (χ1n) is 7.14. The second kappa shape index (κ2) is 5.35. The number of sulfonamides is 1. The van der Waals surface area contributed by atoms with Crippen molar-refractivity contribution in [1.82, 2.24) is 9.62 Å². The maximum absolute atomic E-state index is 12.2. The number of likely N-dealkylation sites (tertiary alicyclic amines) is 1. The third-order valence-electron chi connectivity index (χ3n) is 4.13. The minimum absolute atomic E-state index is 0.281. The number of rotatable bonds is 5. The lowest BCUT2D eigenvalue weighted by Crippen LogP contribution is -2.31. The molecule has 1 aromatic rings. The van der Waals surface area contributed by atoms with Crippen LogP contribution in [0.4, 0.5) is 5.69 Å². The minimum atomic E-state index is -3.41. The summed E-state index contributed by atoms with van der Waals surface area (Å²) >= 11 is 0. The summed E-state index contributed by atoms with van der Waals surface area (Å²) in [7, 11) is -3.41. The highest BCUT2D eigenvalue weighted by Crippen LogP contribution is 2.31. The summed E-state index contributed by atoms with van der Waals surface area (Å²) in [6, 6.07) is 7.08. The number of benzene rings is 1. The summed E-state index contributed by atoms with van der Waals surface area (Å²) in [5, 5.41) is 0. The molecule has 1 unspecified atom stereocenters. The first-order valence-corrected chi connectivity index (χ1v) is 8.62. The molecule has 0 bridgehead atoms. The molecular formula is C14H21N3O2S. The van der Waals surface area contributed by atoms with Gasteiger partial charge in [-0.1, -0.05) is 0 Å². The topological polar surface area (TPSA) is 75.4 Å². The monoisotopic (exact) mass is 295 g/mol. The van der Waals surface area contributed by atoms with Gasteiger partial charge in [-0.2, -0.15) is 0 Å². The van der Waals surface area contributed by atoms with Crippen LogP contribution in [0.25, 0.3) is 0 Å². The molecule has 2 fully saturated rings. The maximum Gasteiger partial charge on any atom is 0.240 e. The average molecular weight is 295 g/mol. The SMILES string of the molecule is Nc1ccc(S(=O)(=O)NCC2CCN(C3CC3)C2)cc1. The summed E-state index contributed by atoms with van der Waals surface area (Å²) in [4.78, 5) is 2.77. The third kappa shape index (κ3) is 3.13. The van der Waals surface area contributed by atoms with Crippen molar-refractivity contribution in [3.05, 3.63) is 24.3 Å². The van der Waals surface area contributed by atoms with Crippen LogP contribution in [0.15, 0.2) is 29.2 Å². The van der Waals surface area contributed by atoms with Crippen LogP contribution < -0.4 is 10.5 Å². The van der Waals surface area contributed by atoms with Gasteiger partial charge in [0, 0.05) is 24.8 Å². The van der Waals surface area contributed by atoms with Gasteiger partial charge >= 0.3 is 0 Å². The number of nitrogens with two attached hydrogens (primary N) is 1. The summed E-state index contributed by atoms with van der Waals surface area (Å²) < 4.78 is 27.0. The highest BCUT2D eigenvalue weighted by atomic mass is 32.2. The Hall–Kier alpha value is -1.11. The van der Waals surface area contributed by atoms with E-state index in [0.29, 0.717) is 18.2 Å². The molecule has 0 amide bonds. The van der Waals surface area contributed by atoms with Gasteiger partial charge in [-0.25, -0.2) is 13.1 Å². The van der Waals surface area contributed by atoms with E-state index < -0.39 is 10.0 Å². The fourth-order valence-electron chi connectivity index (χ4n) is 2.76. The molecule has 3 N–H and O–H groups in total. The quantitative estimate of drug-likeness (QED) is 0.796. The van der Waals surface area contributed by atoms with E-state index in [1.54, 1.807) is 24.3 Å². The Morgan fingerprint density at radius 3 is 2.55 bits per heavy atom. The van der Waals surface area contributed by atoms with E-state index in [-0.39, 0.29) is 4.90 Å². The fraction of sp³-hybridized carbons (Fsp3) is 0.571. The van der Waals surface area contributed by atoms with Crippen LogP contribution in [-0.2, 0) is 10.0 Å². The van der Waals surface area contributed by atoms with Gasteiger partial charge in [0.05, 0.1) is 4.90 Å². The molecule has 0 spiro atoms. The summed E-state index contributed by atoms with van der Waals surface area (Å²) in [5.41, 5.74) is 6.14. The number of hydrogen-bond acceptors (Lipinski definition) is 4. The lowest BCUT2D eigenvalue weighted by Gasteiger charge is -2.15. The molecule has 1 saturated heterocycles. The van der Waals surface area contributed by atoms with Crippen LogP contribution in [0.5, 0.6) is 0 Å². The molecule has 1 aliphatic heterocycles. The molecule has 2 aliphatic rings. The van der Waals surface area contributed by atoms with Crippen LogP contribution in [0.3, 0.4) is 0 Å². The summed E-state index contributed by atoms with van der Waals surface area (Å²) in [5.74, 6) is 0.430. The van der Waals surface area contributed by atoms with E-state index in [9.17, 15) is 8.42 Å². The van der Waals surface area contributed by atoms with Gasteiger partial charge in [0.25, 0.3) is 0 Å². The second-order valence-corrected chi connectivity index (χ2v) is 7.57. The molecule has 1 aliphatic carbocycles. The number of nitrogens with one attached hydrogen (secondary N) is 1. The van der Waals surface area contributed by atoms with Gasteiger partial charge in [-0.15, -0.1) is 0 Å². The first kappa shape index (κ1) is 13.9. The van der Waals surface area contributed by atoms with Crippen LogP contribution in [0, 0.1) is 5.92 Å². The van der Waals surface area contributed by atoms with Crippen molar-refractivity contribution < 1.29 is 8.42 Å². The Balaban J connectivity index is 1.55. The minimum Gasteiger partial charge on any atom is -0.399 e. The number of hydrogen-bond donors (Lipinski definition) is 2. The van der Waals surface area contributed by atoms with E-state index in [2.05, 4.69) is 9.62 Å². The van der Waals surface area contributed by atoms with Crippen molar-refractivity contribution in [3.8, 4) is 0 Å². The van der Waals surface area contributed by atoms with E-state index in [1.807, 2.05) is 0 Å². The highest BCUT2D eigenvalue weighted by molar-refractivity contribution is 7.89. The maximum atomic E-state index is 12.2. The third-order valence-corrected chi connectivity index (χ3v) is 5.57. The predicted molar refractivity (Wildman–Crippen MR) is 78.7 cm³/mol. The molecule has 0 aromatic heterocycles. The number of anilines is 1. The van der Waals surface area contributed by atoms with Crippen LogP contribution in [0.1, 0.15) is 19.3 Å². The Kier molecular flexibility index (Phi) is 3.70. The smallest absolute Gasteiger partial charge is 0.240 e. The Morgan fingerprint density at radius 1 is 1.20 bits per heavy atom. The molecule has 5 nitrogen and oxygen atoms in total. The van der Waals surface area contributed by atoms with Gasteiger partial charge in [0.15, 0.2) is 0 Å². The Bertz CT molecular complexity index is 567. The molecule has 1 saturated carbocycles. The highest BCUT2D eigenvalue weighted by Gasteiger charge is 2.34. The number of nitrogen functional groups attached to an aromatic ring is 1. The standard InChI is InChI=1S/C14H21N3O2S/c15-12-1-5-14(6-2-12)20(18,19)16-9-11-7-8-17(10-11)13-3-4-13/h1-2,5-6,11,13,16H,3-4,7-10,15H2. The van der Waals surface area contributed by atoms with Crippen LogP contribution in [0.2, 0.25) is 0 Å². The molecule has 20 heavy (non-hydrogen) atoms. The molecule has 1 atom stereocenters. The van der Waals surface area contributed by atoms with E-state index in [4.69, 9.17) is 5.73 Å². The first-order chi connectivity index (χ1) is 9.54. The summed E-state index contributed by atoms with van der Waals surface area (Å²) in [6.07, 6.45) is 3.70. The predicted octanol–water partition coefficient (Wildman–Crippen LogP) is 1.03. The normalized spacial score (nSPS) is 24.1.